The predicted octanol–water partition coefficient (Wildman–Crippen LogP) is 4.18. The Bertz CT molecular complexity index is 429. The molecule has 19 heavy (non-hydrogen) atoms. The summed E-state index contributed by atoms with van der Waals surface area (Å²) in [7, 11) is 0. The molecule has 1 aromatic carbocycles. The maximum absolute atomic E-state index is 10.1. The Morgan fingerprint density at radius 3 is 2.68 bits per heavy atom. The molecule has 0 amide bonds. The Kier molecular flexibility index (Phi) is 4.51. The minimum absolute atomic E-state index is 0.207. The largest absolute Gasteiger partial charge is 0.508 e. The molecule has 1 aliphatic carbocycles. The molecule has 1 aromatic rings. The number of hydrogen-bond donors (Lipinski definition) is 2. The van der Waals surface area contributed by atoms with Crippen LogP contribution in [0.25, 0.3) is 0 Å². The molecule has 1 saturated carbocycles. The Morgan fingerprint density at radius 1 is 1.26 bits per heavy atom. The molecule has 0 heterocycles. The Balaban J connectivity index is 2.05. The monoisotopic (exact) mass is 261 g/mol. The Hall–Kier alpha value is -1.02. The SMILES string of the molecule is Cc1ccc(C(C)NC2CCCC(C)C2C)c(O)c1. The number of phenolic OH excluding ortho intramolecular Hbond substituents is 1. The zero-order chi connectivity index (χ0) is 14.0. The maximum atomic E-state index is 10.1. The van der Waals surface area contributed by atoms with Crippen molar-refractivity contribution in [2.75, 3.05) is 0 Å². The first-order valence-corrected chi connectivity index (χ1v) is 7.54. The Labute approximate surface area is 117 Å². The third kappa shape index (κ3) is 3.30. The summed E-state index contributed by atoms with van der Waals surface area (Å²) in [6, 6.07) is 6.73. The summed E-state index contributed by atoms with van der Waals surface area (Å²) in [5.41, 5.74) is 2.11. The minimum Gasteiger partial charge on any atom is -0.508 e. The van der Waals surface area contributed by atoms with Crippen LogP contribution in [0.15, 0.2) is 18.2 Å². The van der Waals surface area contributed by atoms with Gasteiger partial charge in [-0.15, -0.1) is 0 Å². The summed E-state index contributed by atoms with van der Waals surface area (Å²) >= 11 is 0. The normalized spacial score (nSPS) is 29.2. The lowest BCUT2D eigenvalue weighted by Gasteiger charge is -2.36. The van der Waals surface area contributed by atoms with Crippen molar-refractivity contribution in [3.63, 3.8) is 0 Å². The highest BCUT2D eigenvalue weighted by atomic mass is 16.3. The summed E-state index contributed by atoms with van der Waals surface area (Å²) in [4.78, 5) is 0. The minimum atomic E-state index is 0.207. The van der Waals surface area contributed by atoms with Crippen molar-refractivity contribution >= 4 is 0 Å². The number of phenols is 1. The molecule has 0 bridgehead atoms. The van der Waals surface area contributed by atoms with E-state index in [1.165, 1.54) is 19.3 Å². The first-order valence-electron chi connectivity index (χ1n) is 7.54. The zero-order valence-electron chi connectivity index (χ0n) is 12.6. The number of nitrogens with one attached hydrogen (secondary N) is 1. The second-order valence-electron chi connectivity index (χ2n) is 6.32. The van der Waals surface area contributed by atoms with Gasteiger partial charge in [0, 0.05) is 17.6 Å². The van der Waals surface area contributed by atoms with Gasteiger partial charge in [-0.05, 0) is 43.7 Å². The number of hydrogen-bond acceptors (Lipinski definition) is 2. The molecule has 4 atom stereocenters. The second kappa shape index (κ2) is 5.96. The standard InChI is InChI=1S/C17H27NO/c1-11-8-9-15(17(19)10-11)14(4)18-16-7-5-6-12(2)13(16)3/h8-10,12-14,16,18-19H,5-7H2,1-4H3. The van der Waals surface area contributed by atoms with E-state index < -0.39 is 0 Å². The third-order valence-electron chi connectivity index (χ3n) is 4.82. The molecule has 2 heteroatoms. The summed E-state index contributed by atoms with van der Waals surface area (Å²) < 4.78 is 0. The van der Waals surface area contributed by atoms with E-state index in [2.05, 4.69) is 32.2 Å². The van der Waals surface area contributed by atoms with Crippen LogP contribution in [0.3, 0.4) is 0 Å². The molecule has 0 saturated heterocycles. The summed E-state index contributed by atoms with van der Waals surface area (Å²) in [5, 5.41) is 13.8. The molecule has 0 radical (unpaired) electrons. The van der Waals surface area contributed by atoms with Crippen molar-refractivity contribution in [3.8, 4) is 5.75 Å². The van der Waals surface area contributed by atoms with Crippen LogP contribution in [-0.4, -0.2) is 11.1 Å². The summed E-state index contributed by atoms with van der Waals surface area (Å²) in [6.45, 7) is 8.86. The van der Waals surface area contributed by atoms with Gasteiger partial charge in [0.1, 0.15) is 5.75 Å². The molecule has 4 unspecified atom stereocenters. The lowest BCUT2D eigenvalue weighted by molar-refractivity contribution is 0.195. The van der Waals surface area contributed by atoms with Crippen LogP contribution in [0, 0.1) is 18.8 Å². The fourth-order valence-corrected chi connectivity index (χ4v) is 3.25. The smallest absolute Gasteiger partial charge is 0.120 e. The van der Waals surface area contributed by atoms with Gasteiger partial charge >= 0.3 is 0 Å². The highest BCUT2D eigenvalue weighted by Crippen LogP contribution is 2.32. The molecule has 1 aliphatic rings. The van der Waals surface area contributed by atoms with Crippen molar-refractivity contribution in [1.82, 2.24) is 5.32 Å². The third-order valence-corrected chi connectivity index (χ3v) is 4.82. The van der Waals surface area contributed by atoms with Crippen LogP contribution in [0.4, 0.5) is 0 Å². The van der Waals surface area contributed by atoms with Crippen molar-refractivity contribution < 1.29 is 5.11 Å². The highest BCUT2D eigenvalue weighted by Gasteiger charge is 2.28. The number of aromatic hydroxyl groups is 1. The molecule has 2 rings (SSSR count). The van der Waals surface area contributed by atoms with Crippen LogP contribution < -0.4 is 5.32 Å². The number of aryl methyl sites for hydroxylation is 1. The lowest BCUT2D eigenvalue weighted by atomic mass is 9.77. The topological polar surface area (TPSA) is 32.3 Å². The van der Waals surface area contributed by atoms with E-state index in [4.69, 9.17) is 0 Å². The van der Waals surface area contributed by atoms with E-state index in [1.807, 2.05) is 19.1 Å². The molecule has 0 aliphatic heterocycles. The van der Waals surface area contributed by atoms with E-state index in [9.17, 15) is 5.11 Å². The Morgan fingerprint density at radius 2 is 2.00 bits per heavy atom. The second-order valence-corrected chi connectivity index (χ2v) is 6.32. The highest BCUT2D eigenvalue weighted by molar-refractivity contribution is 5.37. The summed E-state index contributed by atoms with van der Waals surface area (Å²) in [5.74, 6) is 1.92. The number of benzene rings is 1. The van der Waals surface area contributed by atoms with E-state index in [0.29, 0.717) is 17.7 Å². The van der Waals surface area contributed by atoms with E-state index in [1.54, 1.807) is 0 Å². The van der Waals surface area contributed by atoms with Gasteiger partial charge in [0.2, 0.25) is 0 Å². The van der Waals surface area contributed by atoms with Gasteiger partial charge in [-0.2, -0.15) is 0 Å². The van der Waals surface area contributed by atoms with Gasteiger partial charge < -0.3 is 10.4 Å². The van der Waals surface area contributed by atoms with Crippen LogP contribution >= 0.6 is 0 Å². The average Bonchev–Trinajstić information content (AvgIpc) is 2.34. The maximum Gasteiger partial charge on any atom is 0.120 e. The predicted molar refractivity (Wildman–Crippen MR) is 80.4 cm³/mol. The van der Waals surface area contributed by atoms with Crippen molar-refractivity contribution in [3.05, 3.63) is 29.3 Å². The molecular weight excluding hydrogens is 234 g/mol. The van der Waals surface area contributed by atoms with Gasteiger partial charge in [0.05, 0.1) is 0 Å². The molecule has 106 valence electrons. The van der Waals surface area contributed by atoms with Crippen LogP contribution in [-0.2, 0) is 0 Å². The van der Waals surface area contributed by atoms with E-state index in [-0.39, 0.29) is 6.04 Å². The van der Waals surface area contributed by atoms with Crippen molar-refractivity contribution in [1.29, 1.82) is 0 Å². The number of rotatable bonds is 3. The molecule has 1 fully saturated rings. The quantitative estimate of drug-likeness (QED) is 0.855. The van der Waals surface area contributed by atoms with E-state index >= 15 is 0 Å². The molecule has 2 N–H and O–H groups in total. The zero-order valence-corrected chi connectivity index (χ0v) is 12.6. The van der Waals surface area contributed by atoms with Crippen molar-refractivity contribution in [2.45, 2.75) is 59.0 Å². The summed E-state index contributed by atoms with van der Waals surface area (Å²) in [6.07, 6.45) is 3.92. The van der Waals surface area contributed by atoms with Crippen LogP contribution in [0.5, 0.6) is 5.75 Å². The van der Waals surface area contributed by atoms with Crippen LogP contribution in [0.2, 0.25) is 0 Å². The molecular formula is C17H27NO. The van der Waals surface area contributed by atoms with Crippen molar-refractivity contribution in [2.24, 2.45) is 11.8 Å². The molecule has 0 spiro atoms. The van der Waals surface area contributed by atoms with Gasteiger partial charge in [0.25, 0.3) is 0 Å². The average molecular weight is 261 g/mol. The van der Waals surface area contributed by atoms with Gasteiger partial charge in [-0.1, -0.05) is 38.8 Å². The van der Waals surface area contributed by atoms with Gasteiger partial charge in [0.15, 0.2) is 0 Å². The molecule has 2 nitrogen and oxygen atoms in total. The van der Waals surface area contributed by atoms with Gasteiger partial charge in [-0.25, -0.2) is 0 Å². The first kappa shape index (κ1) is 14.4. The lowest BCUT2D eigenvalue weighted by Crippen LogP contribution is -2.41. The van der Waals surface area contributed by atoms with E-state index in [0.717, 1.165) is 17.0 Å². The first-order chi connectivity index (χ1) is 8.99. The fourth-order valence-electron chi connectivity index (χ4n) is 3.25. The fraction of sp³-hybridized carbons (Fsp3) is 0.647. The van der Waals surface area contributed by atoms with Gasteiger partial charge in [-0.3, -0.25) is 0 Å². The molecule has 0 aromatic heterocycles. The van der Waals surface area contributed by atoms with Crippen LogP contribution in [0.1, 0.15) is 57.2 Å².